The van der Waals surface area contributed by atoms with Crippen molar-refractivity contribution >= 4 is 68.1 Å². The molecule has 11 heteroatoms. The lowest BCUT2D eigenvalue weighted by atomic mass is 9.76. The minimum atomic E-state index is -0.760. The normalized spacial score (nSPS) is 20.2. The van der Waals surface area contributed by atoms with Crippen molar-refractivity contribution in [2.45, 2.75) is 36.1 Å². The Hall–Kier alpha value is -2.89. The van der Waals surface area contributed by atoms with Crippen molar-refractivity contribution < 1.29 is 19.1 Å². The molecule has 3 heterocycles. The summed E-state index contributed by atoms with van der Waals surface area (Å²) in [6.07, 6.45) is 0. The number of hydrogen-bond donors (Lipinski definition) is 1. The van der Waals surface area contributed by atoms with Crippen LogP contribution in [0.25, 0.3) is 0 Å². The molecule has 1 N–H and O–H groups in total. The van der Waals surface area contributed by atoms with Crippen LogP contribution < -0.4 is 19.8 Å². The van der Waals surface area contributed by atoms with Crippen LogP contribution in [0.5, 0.6) is 5.75 Å². The summed E-state index contributed by atoms with van der Waals surface area (Å²) in [4.78, 5) is 54.4. The Labute approximate surface area is 223 Å². The number of rotatable bonds is 5. The first kappa shape index (κ1) is 24.8. The molecule has 1 fully saturated rings. The molecule has 0 radical (unpaired) electrons. The molecule has 0 saturated carbocycles. The molecule has 1 saturated heterocycles. The summed E-state index contributed by atoms with van der Waals surface area (Å²) >= 11 is 5.61. The first-order valence-electron chi connectivity index (χ1n) is 11.1. The maximum Gasteiger partial charge on any atom is 0.308 e. The third-order valence-corrected chi connectivity index (χ3v) is 9.82. The first-order chi connectivity index (χ1) is 17.1. The van der Waals surface area contributed by atoms with Crippen LogP contribution in [-0.2, 0) is 26.3 Å². The number of ether oxygens (including phenoxy) is 1. The average molecular weight is 589 g/mol. The van der Waals surface area contributed by atoms with Crippen LogP contribution in [0.15, 0.2) is 62.8 Å². The number of imide groups is 1. The minimum absolute atomic E-state index is 0.199. The van der Waals surface area contributed by atoms with Gasteiger partial charge in [-0.15, -0.1) is 0 Å². The van der Waals surface area contributed by atoms with E-state index in [0.29, 0.717) is 22.2 Å². The van der Waals surface area contributed by atoms with Gasteiger partial charge in [0.05, 0.1) is 23.7 Å². The fourth-order valence-electron chi connectivity index (χ4n) is 4.63. The highest BCUT2D eigenvalue weighted by molar-refractivity contribution is 9.10. The molecule has 0 spiro atoms. The van der Waals surface area contributed by atoms with E-state index >= 15 is 0 Å². The van der Waals surface area contributed by atoms with E-state index in [4.69, 9.17) is 4.74 Å². The summed E-state index contributed by atoms with van der Waals surface area (Å²) in [6, 6.07) is 13.9. The number of anilines is 2. The fraction of sp³-hybridized carbons (Fsp3) is 0.280. The van der Waals surface area contributed by atoms with E-state index < -0.39 is 16.6 Å². The Morgan fingerprint density at radius 1 is 1.06 bits per heavy atom. The highest BCUT2D eigenvalue weighted by Gasteiger charge is 2.59. The van der Waals surface area contributed by atoms with Crippen LogP contribution in [0.2, 0.25) is 0 Å². The second kappa shape index (κ2) is 9.20. The lowest BCUT2D eigenvalue weighted by molar-refractivity contribution is -0.123. The largest absolute Gasteiger partial charge is 0.497 e. The molecule has 3 amide bonds. The van der Waals surface area contributed by atoms with Gasteiger partial charge in [-0.05, 0) is 48.5 Å². The summed E-state index contributed by atoms with van der Waals surface area (Å²) < 4.78 is 7.38. The highest BCUT2D eigenvalue weighted by atomic mass is 79.9. The number of halogens is 1. The van der Waals surface area contributed by atoms with E-state index in [2.05, 4.69) is 21.2 Å². The van der Waals surface area contributed by atoms with Gasteiger partial charge in [0.2, 0.25) is 17.7 Å². The number of thioether (sulfide) groups is 1. The molecule has 0 aliphatic carbocycles. The van der Waals surface area contributed by atoms with Crippen LogP contribution >= 0.6 is 39.0 Å². The number of carbonyl (C=O) groups excluding carboxylic acids is 3. The molecular weight excluding hydrogens is 566 g/mol. The van der Waals surface area contributed by atoms with E-state index in [0.717, 1.165) is 20.7 Å². The number of nitrogens with zero attached hydrogens (tertiary/aromatic N) is 2. The van der Waals surface area contributed by atoms with Crippen LogP contribution in [0.3, 0.4) is 0 Å². The van der Waals surface area contributed by atoms with Gasteiger partial charge in [0.25, 0.3) is 0 Å². The predicted molar refractivity (Wildman–Crippen MR) is 143 cm³/mol. The summed E-state index contributed by atoms with van der Waals surface area (Å²) in [5.74, 6) is -0.916. The highest BCUT2D eigenvalue weighted by Crippen LogP contribution is 2.54. The number of fused-ring (bicyclic) bond motifs is 2. The number of aromatic nitrogens is 1. The van der Waals surface area contributed by atoms with Crippen LogP contribution in [0.1, 0.15) is 18.7 Å². The maximum absolute atomic E-state index is 13.5. The minimum Gasteiger partial charge on any atom is -0.497 e. The molecule has 0 unspecified atom stereocenters. The number of methoxy groups -OCH3 is 1. The zero-order valence-corrected chi connectivity index (χ0v) is 22.8. The van der Waals surface area contributed by atoms with Gasteiger partial charge in [0.15, 0.2) is 0 Å². The van der Waals surface area contributed by atoms with Gasteiger partial charge in [-0.25, -0.2) is 4.90 Å². The second-order valence-corrected chi connectivity index (χ2v) is 12.1. The Morgan fingerprint density at radius 3 is 2.36 bits per heavy atom. The van der Waals surface area contributed by atoms with Crippen LogP contribution in [-0.4, -0.2) is 34.6 Å². The van der Waals surface area contributed by atoms with Gasteiger partial charge in [-0.1, -0.05) is 52.9 Å². The molecule has 5 rings (SSSR count). The van der Waals surface area contributed by atoms with E-state index in [9.17, 15) is 19.2 Å². The maximum atomic E-state index is 13.5. The SMILES string of the molecule is COc1ccc(NC(=O)Cn2c3c(sc2=O)C(C)(C)[C@H]2C(=O)N(c4ccc(Br)cc4)C(=O)[C@H]2S3)cc1. The van der Waals surface area contributed by atoms with Crippen LogP contribution in [0.4, 0.5) is 11.4 Å². The zero-order chi connectivity index (χ0) is 25.8. The number of benzene rings is 2. The molecule has 1 aromatic heterocycles. The van der Waals surface area contributed by atoms with Crippen molar-refractivity contribution in [1.82, 2.24) is 4.57 Å². The third kappa shape index (κ3) is 4.08. The molecule has 2 aliphatic rings. The van der Waals surface area contributed by atoms with Crippen molar-refractivity contribution in [1.29, 1.82) is 0 Å². The lowest BCUT2D eigenvalue weighted by Gasteiger charge is -2.36. The standard InChI is InChI=1S/C25H22BrN3O5S2/c1-25(2)18-19(22(32)29(21(18)31)15-8-4-13(26)5-9-15)35-23-20(25)36-24(33)28(23)12-17(30)27-14-6-10-16(34-3)11-7-14/h4-11,18-19H,12H2,1-3H3,(H,27,30)/t18-,19+/m1/s1. The summed E-state index contributed by atoms with van der Waals surface area (Å²) in [6.45, 7) is 3.57. The molecule has 186 valence electrons. The van der Waals surface area contributed by atoms with Crippen molar-refractivity contribution in [2.75, 3.05) is 17.3 Å². The molecule has 3 aromatic rings. The van der Waals surface area contributed by atoms with Crippen molar-refractivity contribution in [3.63, 3.8) is 0 Å². The molecule has 0 bridgehead atoms. The summed E-state index contributed by atoms with van der Waals surface area (Å²) in [5, 5.41) is 2.67. The van der Waals surface area contributed by atoms with Gasteiger partial charge < -0.3 is 10.1 Å². The zero-order valence-electron chi connectivity index (χ0n) is 19.6. The fourth-order valence-corrected chi connectivity index (χ4v) is 7.93. The van der Waals surface area contributed by atoms with E-state index in [1.165, 1.54) is 21.2 Å². The van der Waals surface area contributed by atoms with Gasteiger partial charge in [-0.2, -0.15) is 0 Å². The Bertz CT molecular complexity index is 1430. The first-order valence-corrected chi connectivity index (χ1v) is 13.6. The van der Waals surface area contributed by atoms with Gasteiger partial charge in [0, 0.05) is 20.5 Å². The quantitative estimate of drug-likeness (QED) is 0.448. The average Bonchev–Trinajstić information content (AvgIpc) is 3.29. The van der Waals surface area contributed by atoms with E-state index in [1.807, 2.05) is 13.8 Å². The molecule has 8 nitrogen and oxygen atoms in total. The smallest absolute Gasteiger partial charge is 0.308 e. The predicted octanol–water partition coefficient (Wildman–Crippen LogP) is 4.26. The molecule has 2 aliphatic heterocycles. The lowest BCUT2D eigenvalue weighted by Crippen LogP contribution is -2.41. The number of nitrogens with one attached hydrogen (secondary N) is 1. The topological polar surface area (TPSA) is 97.7 Å². The Balaban J connectivity index is 1.44. The number of carbonyl (C=O) groups is 3. The molecular formula is C25H22BrN3O5S2. The number of amides is 3. The Kier molecular flexibility index (Phi) is 6.34. The summed E-state index contributed by atoms with van der Waals surface area (Å²) in [5.41, 5.74) is 0.329. The van der Waals surface area contributed by atoms with E-state index in [1.54, 1.807) is 55.6 Å². The van der Waals surface area contributed by atoms with Crippen molar-refractivity contribution in [3.05, 3.63) is 67.5 Å². The number of thiazole rings is 1. The molecule has 36 heavy (non-hydrogen) atoms. The van der Waals surface area contributed by atoms with Gasteiger partial charge >= 0.3 is 4.87 Å². The monoisotopic (exact) mass is 587 g/mol. The second-order valence-electron chi connectivity index (χ2n) is 9.09. The van der Waals surface area contributed by atoms with E-state index in [-0.39, 0.29) is 29.1 Å². The van der Waals surface area contributed by atoms with Gasteiger partial charge in [-0.3, -0.25) is 23.7 Å². The van der Waals surface area contributed by atoms with Crippen LogP contribution in [0, 0.1) is 5.92 Å². The van der Waals surface area contributed by atoms with Crippen molar-refractivity contribution in [2.24, 2.45) is 5.92 Å². The molecule has 2 aromatic carbocycles. The van der Waals surface area contributed by atoms with Crippen molar-refractivity contribution in [3.8, 4) is 5.75 Å². The number of hydrogen-bond acceptors (Lipinski definition) is 7. The molecule has 2 atom stereocenters. The summed E-state index contributed by atoms with van der Waals surface area (Å²) in [7, 11) is 1.56. The Morgan fingerprint density at radius 2 is 1.72 bits per heavy atom. The van der Waals surface area contributed by atoms with Gasteiger partial charge in [0.1, 0.15) is 17.5 Å². The third-order valence-electron chi connectivity index (χ3n) is 6.46.